The fourth-order valence-electron chi connectivity index (χ4n) is 3.43. The summed E-state index contributed by atoms with van der Waals surface area (Å²) in [6, 6.07) is 4.85. The van der Waals surface area contributed by atoms with Crippen LogP contribution in [0.5, 0.6) is 0 Å². The number of hydrogen-bond donors (Lipinski definition) is 2. The zero-order chi connectivity index (χ0) is 19.6. The lowest BCUT2D eigenvalue weighted by Gasteiger charge is -2.24. The Morgan fingerprint density at radius 1 is 1.15 bits per heavy atom. The molecule has 8 heteroatoms. The maximum Gasteiger partial charge on any atom is 0.242 e. The first kappa shape index (κ1) is 19.8. The van der Waals surface area contributed by atoms with E-state index in [0.29, 0.717) is 18.5 Å². The quantitative estimate of drug-likeness (QED) is 0.678. The molecule has 0 spiro atoms. The van der Waals surface area contributed by atoms with Crippen molar-refractivity contribution in [1.29, 1.82) is 0 Å². The minimum atomic E-state index is -3.62. The maximum absolute atomic E-state index is 12.5. The molecular formula is C19H27N3O4S. The molecule has 1 saturated carbocycles. The van der Waals surface area contributed by atoms with E-state index in [1.54, 1.807) is 24.0 Å². The van der Waals surface area contributed by atoms with Gasteiger partial charge in [0.05, 0.1) is 4.90 Å². The molecule has 0 bridgehead atoms. The van der Waals surface area contributed by atoms with E-state index < -0.39 is 16.1 Å². The SMILES string of the molecule is Cc1ccc(C)c(S(=O)(=O)NCCNC(=O)C2CCCN2C(=O)C2CC2)c1. The van der Waals surface area contributed by atoms with E-state index in [9.17, 15) is 18.0 Å². The molecule has 7 nitrogen and oxygen atoms in total. The standard InChI is InChI=1S/C19H27N3O4S/c1-13-5-6-14(2)17(12-13)27(25,26)21-10-9-20-18(23)16-4-3-11-22(16)19(24)15-7-8-15/h5-6,12,15-16,21H,3-4,7-11H2,1-2H3,(H,20,23). The van der Waals surface area contributed by atoms with E-state index in [1.807, 2.05) is 13.0 Å². The molecule has 27 heavy (non-hydrogen) atoms. The van der Waals surface area contributed by atoms with Crippen LogP contribution in [-0.2, 0) is 19.6 Å². The van der Waals surface area contributed by atoms with Gasteiger partial charge in [-0.05, 0) is 56.7 Å². The molecule has 2 amide bonds. The number of nitrogens with one attached hydrogen (secondary N) is 2. The first-order valence-corrected chi connectivity index (χ1v) is 10.9. The largest absolute Gasteiger partial charge is 0.353 e. The van der Waals surface area contributed by atoms with E-state index in [-0.39, 0.29) is 35.7 Å². The monoisotopic (exact) mass is 393 g/mol. The summed E-state index contributed by atoms with van der Waals surface area (Å²) in [5.74, 6) is -0.0153. The lowest BCUT2D eigenvalue weighted by molar-refractivity contribution is -0.139. The molecule has 2 fully saturated rings. The summed E-state index contributed by atoms with van der Waals surface area (Å²) in [6.45, 7) is 4.51. The third-order valence-corrected chi connectivity index (χ3v) is 6.72. The molecule has 1 aliphatic carbocycles. The molecule has 1 aromatic carbocycles. The molecule has 148 valence electrons. The zero-order valence-corrected chi connectivity index (χ0v) is 16.6. The Bertz CT molecular complexity index is 833. The zero-order valence-electron chi connectivity index (χ0n) is 15.8. The fraction of sp³-hybridized carbons (Fsp3) is 0.579. The number of aryl methyl sites for hydroxylation is 2. The normalized spacial score (nSPS) is 19.9. The highest BCUT2D eigenvalue weighted by Gasteiger charge is 2.40. The summed E-state index contributed by atoms with van der Waals surface area (Å²) < 4.78 is 27.4. The van der Waals surface area contributed by atoms with Crippen LogP contribution >= 0.6 is 0 Å². The number of rotatable bonds is 7. The second-order valence-corrected chi connectivity index (χ2v) is 9.16. The predicted octanol–water partition coefficient (Wildman–Crippen LogP) is 1.10. The van der Waals surface area contributed by atoms with Crippen molar-refractivity contribution in [2.45, 2.75) is 50.5 Å². The molecule has 3 rings (SSSR count). The maximum atomic E-state index is 12.5. The van der Waals surface area contributed by atoms with Gasteiger partial charge in [-0.3, -0.25) is 9.59 Å². The van der Waals surface area contributed by atoms with E-state index in [4.69, 9.17) is 0 Å². The molecule has 1 aliphatic heterocycles. The van der Waals surface area contributed by atoms with Gasteiger partial charge in [-0.1, -0.05) is 12.1 Å². The van der Waals surface area contributed by atoms with Crippen molar-refractivity contribution in [1.82, 2.24) is 14.9 Å². The van der Waals surface area contributed by atoms with Crippen molar-refractivity contribution in [2.75, 3.05) is 19.6 Å². The highest BCUT2D eigenvalue weighted by atomic mass is 32.2. The molecule has 1 aromatic rings. The van der Waals surface area contributed by atoms with Crippen molar-refractivity contribution >= 4 is 21.8 Å². The van der Waals surface area contributed by atoms with Gasteiger partial charge in [0, 0.05) is 25.6 Å². The summed E-state index contributed by atoms with van der Waals surface area (Å²) in [4.78, 5) is 26.6. The lowest BCUT2D eigenvalue weighted by Crippen LogP contribution is -2.47. The molecular weight excluding hydrogens is 366 g/mol. The highest BCUT2D eigenvalue weighted by Crippen LogP contribution is 2.33. The average Bonchev–Trinajstić information content (AvgIpc) is 3.36. The number of nitrogens with zero attached hydrogens (tertiary/aromatic N) is 1. The topological polar surface area (TPSA) is 95.6 Å². The Balaban J connectivity index is 1.50. The predicted molar refractivity (Wildman–Crippen MR) is 102 cm³/mol. The number of carbonyl (C=O) groups is 2. The summed E-state index contributed by atoms with van der Waals surface area (Å²) in [5, 5.41) is 2.76. The first-order chi connectivity index (χ1) is 12.8. The van der Waals surface area contributed by atoms with Crippen molar-refractivity contribution in [3.05, 3.63) is 29.3 Å². The highest BCUT2D eigenvalue weighted by molar-refractivity contribution is 7.89. The minimum Gasteiger partial charge on any atom is -0.353 e. The van der Waals surface area contributed by atoms with Gasteiger partial charge < -0.3 is 10.2 Å². The van der Waals surface area contributed by atoms with Gasteiger partial charge in [0.2, 0.25) is 21.8 Å². The summed E-state index contributed by atoms with van der Waals surface area (Å²) in [5.41, 5.74) is 1.55. The number of hydrogen-bond acceptors (Lipinski definition) is 4. The van der Waals surface area contributed by atoms with Crippen LogP contribution in [0.3, 0.4) is 0 Å². The van der Waals surface area contributed by atoms with E-state index in [1.165, 1.54) is 0 Å². The van der Waals surface area contributed by atoms with Crippen molar-refractivity contribution in [3.63, 3.8) is 0 Å². The second-order valence-electron chi connectivity index (χ2n) is 7.42. The van der Waals surface area contributed by atoms with Crippen LogP contribution in [0, 0.1) is 19.8 Å². The lowest BCUT2D eigenvalue weighted by atomic mass is 10.2. The van der Waals surface area contributed by atoms with Crippen molar-refractivity contribution in [3.8, 4) is 0 Å². The van der Waals surface area contributed by atoms with Crippen LogP contribution in [0.15, 0.2) is 23.1 Å². The van der Waals surface area contributed by atoms with Gasteiger partial charge in [0.15, 0.2) is 0 Å². The Kier molecular flexibility index (Phi) is 5.86. The Labute approximate surface area is 160 Å². The van der Waals surface area contributed by atoms with Crippen LogP contribution in [0.4, 0.5) is 0 Å². The summed E-state index contributed by atoms with van der Waals surface area (Å²) in [7, 11) is -3.62. The number of benzene rings is 1. The molecule has 2 N–H and O–H groups in total. The van der Waals surface area contributed by atoms with Crippen LogP contribution in [0.25, 0.3) is 0 Å². The van der Waals surface area contributed by atoms with E-state index in [0.717, 1.165) is 24.8 Å². The third-order valence-electron chi connectivity index (χ3n) is 5.11. The number of carbonyl (C=O) groups excluding carboxylic acids is 2. The Hall–Kier alpha value is -1.93. The molecule has 1 unspecified atom stereocenters. The molecule has 2 aliphatic rings. The second kappa shape index (κ2) is 7.98. The summed E-state index contributed by atoms with van der Waals surface area (Å²) in [6.07, 6.45) is 3.34. The van der Waals surface area contributed by atoms with Gasteiger partial charge >= 0.3 is 0 Å². The van der Waals surface area contributed by atoms with Crippen LogP contribution in [0.1, 0.15) is 36.8 Å². The molecule has 1 atom stereocenters. The van der Waals surface area contributed by atoms with E-state index in [2.05, 4.69) is 10.0 Å². The fourth-order valence-corrected chi connectivity index (χ4v) is 4.79. The van der Waals surface area contributed by atoms with Gasteiger partial charge in [-0.25, -0.2) is 13.1 Å². The third kappa shape index (κ3) is 4.68. The molecule has 1 heterocycles. The number of amides is 2. The Morgan fingerprint density at radius 3 is 2.59 bits per heavy atom. The molecule has 0 aromatic heterocycles. The van der Waals surface area contributed by atoms with Gasteiger partial charge in [0.25, 0.3) is 0 Å². The Morgan fingerprint density at radius 2 is 1.89 bits per heavy atom. The van der Waals surface area contributed by atoms with Gasteiger partial charge in [-0.15, -0.1) is 0 Å². The average molecular weight is 394 g/mol. The number of sulfonamides is 1. The molecule has 0 radical (unpaired) electrons. The first-order valence-electron chi connectivity index (χ1n) is 9.45. The van der Waals surface area contributed by atoms with Crippen molar-refractivity contribution in [2.24, 2.45) is 5.92 Å². The van der Waals surface area contributed by atoms with Crippen LogP contribution in [0.2, 0.25) is 0 Å². The van der Waals surface area contributed by atoms with E-state index >= 15 is 0 Å². The molecule has 1 saturated heterocycles. The van der Waals surface area contributed by atoms with Crippen molar-refractivity contribution < 1.29 is 18.0 Å². The minimum absolute atomic E-state index is 0.0864. The number of likely N-dealkylation sites (tertiary alicyclic amines) is 1. The van der Waals surface area contributed by atoms with Crippen LogP contribution < -0.4 is 10.0 Å². The van der Waals surface area contributed by atoms with Gasteiger partial charge in [-0.2, -0.15) is 0 Å². The summed E-state index contributed by atoms with van der Waals surface area (Å²) >= 11 is 0. The van der Waals surface area contributed by atoms with Crippen LogP contribution in [-0.4, -0.2) is 50.8 Å². The smallest absolute Gasteiger partial charge is 0.242 e. The van der Waals surface area contributed by atoms with Gasteiger partial charge in [0.1, 0.15) is 6.04 Å².